The molecule has 0 bridgehead atoms. The summed E-state index contributed by atoms with van der Waals surface area (Å²) in [5.41, 5.74) is 3.92. The number of carbonyl (C=O) groups excluding carboxylic acids is 2. The molecular weight excluding hydrogens is 466 g/mol. The molecule has 3 rings (SSSR count). The lowest BCUT2D eigenvalue weighted by molar-refractivity contribution is 0.0526. The van der Waals surface area contributed by atoms with Crippen LogP contribution in [0.2, 0.25) is 0 Å². The van der Waals surface area contributed by atoms with Crippen molar-refractivity contribution in [2.24, 2.45) is 0 Å². The zero-order valence-electron chi connectivity index (χ0n) is 21.1. The van der Waals surface area contributed by atoms with E-state index < -0.39 is 5.97 Å². The smallest absolute Gasteiger partial charge is 0.367 e. The van der Waals surface area contributed by atoms with E-state index in [2.05, 4.69) is 14.9 Å². The van der Waals surface area contributed by atoms with Crippen LogP contribution in [0.3, 0.4) is 0 Å². The standard InChI is InChI=1S/C26H33N3O5S/c1-7-16(3)27-24(30)19-14-21(20-15-35-25(28-20)26(31)34-8-2)29(17(19)4)12-11-18-9-10-22(32-5)23(13-18)33-6/h9-10,13-16H,7-8,11-12H2,1-6H3,(H,27,30). The third-order valence-corrected chi connectivity index (χ3v) is 6.71. The zero-order chi connectivity index (χ0) is 25.5. The highest BCUT2D eigenvalue weighted by Crippen LogP contribution is 2.30. The number of hydrogen-bond donors (Lipinski definition) is 1. The molecule has 0 saturated carbocycles. The Bertz CT molecular complexity index is 1180. The number of aromatic nitrogens is 2. The molecule has 1 unspecified atom stereocenters. The number of methoxy groups -OCH3 is 2. The van der Waals surface area contributed by atoms with Crippen molar-refractivity contribution in [3.05, 3.63) is 51.5 Å². The molecule has 9 heteroatoms. The zero-order valence-corrected chi connectivity index (χ0v) is 22.0. The lowest BCUT2D eigenvalue weighted by Crippen LogP contribution is -2.32. The fraction of sp³-hybridized carbons (Fsp3) is 0.423. The van der Waals surface area contributed by atoms with E-state index in [0.717, 1.165) is 23.4 Å². The van der Waals surface area contributed by atoms with E-state index >= 15 is 0 Å². The lowest BCUT2D eigenvalue weighted by Gasteiger charge is -2.14. The summed E-state index contributed by atoms with van der Waals surface area (Å²) in [6, 6.07) is 7.75. The Balaban J connectivity index is 1.97. The third kappa shape index (κ3) is 6.03. The first-order valence-corrected chi connectivity index (χ1v) is 12.6. The van der Waals surface area contributed by atoms with E-state index in [1.807, 2.05) is 50.4 Å². The summed E-state index contributed by atoms with van der Waals surface area (Å²) >= 11 is 1.23. The van der Waals surface area contributed by atoms with Gasteiger partial charge in [-0.3, -0.25) is 4.79 Å². The molecule has 3 aromatic rings. The number of esters is 1. The minimum Gasteiger partial charge on any atom is -0.493 e. The molecule has 8 nitrogen and oxygen atoms in total. The first kappa shape index (κ1) is 26.3. The van der Waals surface area contributed by atoms with Crippen LogP contribution in [0.4, 0.5) is 0 Å². The molecular formula is C26H33N3O5S. The molecule has 188 valence electrons. The van der Waals surface area contributed by atoms with Crippen molar-refractivity contribution in [3.8, 4) is 22.9 Å². The van der Waals surface area contributed by atoms with Crippen molar-refractivity contribution in [2.75, 3.05) is 20.8 Å². The Morgan fingerprint density at radius 3 is 2.54 bits per heavy atom. The van der Waals surface area contributed by atoms with Crippen LogP contribution >= 0.6 is 11.3 Å². The number of carbonyl (C=O) groups is 2. The summed E-state index contributed by atoms with van der Waals surface area (Å²) in [5.74, 6) is 0.774. The number of rotatable bonds is 11. The average Bonchev–Trinajstić information content (AvgIpc) is 3.47. The number of ether oxygens (including phenoxy) is 3. The molecule has 0 radical (unpaired) electrons. The highest BCUT2D eigenvalue weighted by Gasteiger charge is 2.22. The van der Waals surface area contributed by atoms with E-state index in [1.54, 1.807) is 21.1 Å². The van der Waals surface area contributed by atoms with Crippen LogP contribution in [0, 0.1) is 6.92 Å². The fourth-order valence-electron chi connectivity index (χ4n) is 3.73. The van der Waals surface area contributed by atoms with Gasteiger partial charge >= 0.3 is 5.97 Å². The Morgan fingerprint density at radius 1 is 1.14 bits per heavy atom. The van der Waals surface area contributed by atoms with Crippen LogP contribution in [-0.2, 0) is 17.7 Å². The number of benzene rings is 1. The maximum absolute atomic E-state index is 13.0. The summed E-state index contributed by atoms with van der Waals surface area (Å²) in [5, 5.41) is 5.16. The van der Waals surface area contributed by atoms with Crippen LogP contribution in [0.5, 0.6) is 11.5 Å². The van der Waals surface area contributed by atoms with Gasteiger partial charge in [-0.1, -0.05) is 13.0 Å². The molecule has 35 heavy (non-hydrogen) atoms. The van der Waals surface area contributed by atoms with E-state index in [4.69, 9.17) is 14.2 Å². The minimum absolute atomic E-state index is 0.0650. The molecule has 1 aromatic carbocycles. The van der Waals surface area contributed by atoms with Crippen molar-refractivity contribution >= 4 is 23.2 Å². The SMILES string of the molecule is CCOC(=O)c1nc(-c2cc(C(=O)NC(C)CC)c(C)n2CCc2ccc(OC)c(OC)c2)cs1. The molecule has 1 N–H and O–H groups in total. The first-order chi connectivity index (χ1) is 16.8. The van der Waals surface area contributed by atoms with Gasteiger partial charge in [0, 0.05) is 23.7 Å². The highest BCUT2D eigenvalue weighted by atomic mass is 32.1. The summed E-state index contributed by atoms with van der Waals surface area (Å²) in [6.45, 7) is 8.60. The maximum atomic E-state index is 13.0. The van der Waals surface area contributed by atoms with Gasteiger partial charge in [-0.2, -0.15) is 0 Å². The number of aryl methyl sites for hydroxylation is 1. The molecule has 0 fully saturated rings. The van der Waals surface area contributed by atoms with Crippen LogP contribution in [0.1, 0.15) is 58.6 Å². The van der Waals surface area contributed by atoms with Gasteiger partial charge in [0.05, 0.1) is 37.8 Å². The lowest BCUT2D eigenvalue weighted by atomic mass is 10.1. The molecule has 0 aliphatic heterocycles. The predicted octanol–water partition coefficient (Wildman–Crippen LogP) is 4.88. The Labute approximate surface area is 210 Å². The van der Waals surface area contributed by atoms with E-state index in [1.165, 1.54) is 11.3 Å². The highest BCUT2D eigenvalue weighted by molar-refractivity contribution is 7.11. The molecule has 1 atom stereocenters. The number of amides is 1. The van der Waals surface area contributed by atoms with Gasteiger partial charge in [0.25, 0.3) is 5.91 Å². The van der Waals surface area contributed by atoms with Crippen LogP contribution in [-0.4, -0.2) is 48.3 Å². The summed E-state index contributed by atoms with van der Waals surface area (Å²) in [7, 11) is 3.22. The second-order valence-electron chi connectivity index (χ2n) is 8.16. The van der Waals surface area contributed by atoms with Crippen LogP contribution in [0.15, 0.2) is 29.6 Å². The van der Waals surface area contributed by atoms with Gasteiger partial charge in [-0.25, -0.2) is 9.78 Å². The average molecular weight is 500 g/mol. The molecule has 0 aliphatic rings. The topological polar surface area (TPSA) is 91.7 Å². The molecule has 2 heterocycles. The molecule has 1 amide bonds. The van der Waals surface area contributed by atoms with E-state index in [0.29, 0.717) is 35.7 Å². The van der Waals surface area contributed by atoms with Crippen LogP contribution in [0.25, 0.3) is 11.4 Å². The van der Waals surface area contributed by atoms with Gasteiger partial charge in [0.1, 0.15) is 0 Å². The Hall–Kier alpha value is -3.33. The van der Waals surface area contributed by atoms with Gasteiger partial charge in [-0.05, 0) is 57.4 Å². The quantitative estimate of drug-likeness (QED) is 0.378. The second kappa shape index (κ2) is 11.9. The van der Waals surface area contributed by atoms with Gasteiger partial charge in [0.2, 0.25) is 5.01 Å². The first-order valence-electron chi connectivity index (χ1n) is 11.7. The number of nitrogens with zero attached hydrogens (tertiary/aromatic N) is 2. The van der Waals surface area contributed by atoms with E-state index in [-0.39, 0.29) is 23.6 Å². The van der Waals surface area contributed by atoms with Crippen molar-refractivity contribution in [2.45, 2.75) is 53.1 Å². The maximum Gasteiger partial charge on any atom is 0.367 e. The molecule has 0 saturated heterocycles. The third-order valence-electron chi connectivity index (χ3n) is 5.89. The van der Waals surface area contributed by atoms with Crippen molar-refractivity contribution < 1.29 is 23.8 Å². The predicted molar refractivity (Wildman–Crippen MR) is 137 cm³/mol. The minimum atomic E-state index is -0.446. The number of nitrogens with one attached hydrogen (secondary N) is 1. The Morgan fingerprint density at radius 2 is 1.89 bits per heavy atom. The summed E-state index contributed by atoms with van der Waals surface area (Å²) < 4.78 is 17.9. The second-order valence-corrected chi connectivity index (χ2v) is 9.02. The van der Waals surface area contributed by atoms with Gasteiger partial charge in [0.15, 0.2) is 11.5 Å². The Kier molecular flexibility index (Phi) is 8.92. The van der Waals surface area contributed by atoms with Crippen molar-refractivity contribution in [1.29, 1.82) is 0 Å². The summed E-state index contributed by atoms with van der Waals surface area (Å²) in [4.78, 5) is 29.7. The monoisotopic (exact) mass is 499 g/mol. The van der Waals surface area contributed by atoms with Crippen LogP contribution < -0.4 is 14.8 Å². The van der Waals surface area contributed by atoms with Gasteiger partial charge in [-0.15, -0.1) is 11.3 Å². The van der Waals surface area contributed by atoms with Crippen molar-refractivity contribution in [3.63, 3.8) is 0 Å². The number of hydrogen-bond acceptors (Lipinski definition) is 7. The molecule has 0 aliphatic carbocycles. The largest absolute Gasteiger partial charge is 0.493 e. The fourth-order valence-corrected chi connectivity index (χ4v) is 4.44. The molecule has 2 aromatic heterocycles. The van der Waals surface area contributed by atoms with E-state index in [9.17, 15) is 9.59 Å². The van der Waals surface area contributed by atoms with Gasteiger partial charge < -0.3 is 24.1 Å². The summed E-state index contributed by atoms with van der Waals surface area (Å²) in [6.07, 6.45) is 1.54. The normalized spacial score (nSPS) is 11.7. The van der Waals surface area contributed by atoms with Crippen molar-refractivity contribution in [1.82, 2.24) is 14.9 Å². The molecule has 0 spiro atoms. The number of thiazole rings is 1.